The summed E-state index contributed by atoms with van der Waals surface area (Å²) in [4.78, 5) is 22.6. The van der Waals surface area contributed by atoms with Crippen molar-refractivity contribution in [3.05, 3.63) is 93.3 Å². The van der Waals surface area contributed by atoms with Crippen LogP contribution in [0, 0.1) is 15.9 Å². The van der Waals surface area contributed by atoms with E-state index in [0.717, 1.165) is 5.56 Å². The third-order valence-electron chi connectivity index (χ3n) is 4.26. The normalized spacial score (nSPS) is 10.5. The van der Waals surface area contributed by atoms with Crippen LogP contribution in [0.25, 0.3) is 11.1 Å². The maximum absolute atomic E-state index is 13.1. The molecular formula is C21H16FNO5. The summed E-state index contributed by atoms with van der Waals surface area (Å²) in [5.41, 5.74) is 1.92. The summed E-state index contributed by atoms with van der Waals surface area (Å²) < 4.78 is 17.9. The molecular weight excluding hydrogens is 365 g/mol. The molecule has 7 heteroatoms. The summed E-state index contributed by atoms with van der Waals surface area (Å²) in [5, 5.41) is 21.6. The van der Waals surface area contributed by atoms with Crippen LogP contribution < -0.4 is 0 Å². The lowest BCUT2D eigenvalue weighted by Crippen LogP contribution is -2.04. The van der Waals surface area contributed by atoms with Gasteiger partial charge < -0.3 is 9.84 Å². The number of nitro groups is 1. The first-order valence-corrected chi connectivity index (χ1v) is 8.32. The Bertz CT molecular complexity index is 1050. The number of phenolic OH excluding ortho intramolecular Hbond substituents is 1. The van der Waals surface area contributed by atoms with Crippen LogP contribution in [0.1, 0.15) is 21.5 Å². The number of non-ortho nitro benzene ring substituents is 1. The van der Waals surface area contributed by atoms with Gasteiger partial charge in [-0.2, -0.15) is 0 Å². The first-order valence-electron chi connectivity index (χ1n) is 8.32. The van der Waals surface area contributed by atoms with Crippen LogP contribution in [0.15, 0.2) is 60.7 Å². The van der Waals surface area contributed by atoms with Crippen molar-refractivity contribution in [2.24, 2.45) is 0 Å². The lowest BCUT2D eigenvalue weighted by atomic mass is 9.95. The molecule has 0 fully saturated rings. The molecule has 0 aliphatic carbocycles. The third-order valence-corrected chi connectivity index (χ3v) is 4.26. The molecule has 0 amide bonds. The fraction of sp³-hybridized carbons (Fsp3) is 0.0952. The Hall–Kier alpha value is -3.74. The van der Waals surface area contributed by atoms with Gasteiger partial charge in [-0.3, -0.25) is 10.1 Å². The van der Waals surface area contributed by atoms with Gasteiger partial charge in [0.05, 0.1) is 12.0 Å². The van der Waals surface area contributed by atoms with Gasteiger partial charge >= 0.3 is 5.97 Å². The molecule has 3 aromatic rings. The van der Waals surface area contributed by atoms with Crippen molar-refractivity contribution < 1.29 is 24.0 Å². The van der Waals surface area contributed by atoms with E-state index in [0.29, 0.717) is 17.5 Å². The van der Waals surface area contributed by atoms with E-state index in [1.165, 1.54) is 43.5 Å². The third kappa shape index (κ3) is 3.98. The number of hydrogen-bond donors (Lipinski definition) is 1. The minimum absolute atomic E-state index is 0.0522. The van der Waals surface area contributed by atoms with Crippen LogP contribution in [-0.4, -0.2) is 23.1 Å². The van der Waals surface area contributed by atoms with Crippen molar-refractivity contribution in [1.29, 1.82) is 0 Å². The number of esters is 1. The molecule has 28 heavy (non-hydrogen) atoms. The summed E-state index contributed by atoms with van der Waals surface area (Å²) in [6, 6.07) is 14.8. The van der Waals surface area contributed by atoms with Crippen LogP contribution in [-0.2, 0) is 11.2 Å². The Kier molecular flexibility index (Phi) is 5.35. The highest BCUT2D eigenvalue weighted by molar-refractivity contribution is 5.96. The van der Waals surface area contributed by atoms with Gasteiger partial charge in [-0.05, 0) is 47.4 Å². The van der Waals surface area contributed by atoms with Gasteiger partial charge in [0.15, 0.2) is 0 Å². The number of rotatable bonds is 5. The molecule has 0 heterocycles. The number of nitro benzene ring substituents is 1. The van der Waals surface area contributed by atoms with E-state index in [2.05, 4.69) is 0 Å². The number of carbonyl (C=O) groups is 1. The highest BCUT2D eigenvalue weighted by Crippen LogP contribution is 2.36. The first kappa shape index (κ1) is 19.0. The highest BCUT2D eigenvalue weighted by atomic mass is 19.1. The average Bonchev–Trinajstić information content (AvgIpc) is 2.70. The number of methoxy groups -OCH3 is 1. The molecule has 142 valence electrons. The Balaban J connectivity index is 2.12. The van der Waals surface area contributed by atoms with Crippen molar-refractivity contribution >= 4 is 11.7 Å². The smallest absolute Gasteiger partial charge is 0.341 e. The molecule has 0 radical (unpaired) electrons. The topological polar surface area (TPSA) is 89.7 Å². The molecule has 0 atom stereocenters. The van der Waals surface area contributed by atoms with Gasteiger partial charge in [0, 0.05) is 17.7 Å². The SMILES string of the molecule is COC(=O)c1cc(Cc2ccc(F)cc2)cc(-c2cccc([N+](=O)[O-])c2)c1O. The predicted octanol–water partition coefficient (Wildman–Crippen LogP) is 4.48. The zero-order valence-corrected chi connectivity index (χ0v) is 14.9. The molecule has 0 saturated carbocycles. The number of ether oxygens (including phenoxy) is 1. The fourth-order valence-corrected chi connectivity index (χ4v) is 2.91. The van der Waals surface area contributed by atoms with Crippen molar-refractivity contribution in [3.63, 3.8) is 0 Å². The molecule has 0 bridgehead atoms. The van der Waals surface area contributed by atoms with E-state index in [9.17, 15) is 24.4 Å². The number of phenols is 1. The van der Waals surface area contributed by atoms with E-state index in [-0.39, 0.29) is 28.4 Å². The van der Waals surface area contributed by atoms with Crippen LogP contribution >= 0.6 is 0 Å². The number of benzene rings is 3. The van der Waals surface area contributed by atoms with Gasteiger partial charge in [0.2, 0.25) is 0 Å². The maximum Gasteiger partial charge on any atom is 0.341 e. The Labute approximate surface area is 160 Å². The van der Waals surface area contributed by atoms with Crippen molar-refractivity contribution in [2.45, 2.75) is 6.42 Å². The second-order valence-corrected chi connectivity index (χ2v) is 6.14. The summed E-state index contributed by atoms with van der Waals surface area (Å²) in [6.45, 7) is 0. The van der Waals surface area contributed by atoms with Gasteiger partial charge in [-0.1, -0.05) is 24.3 Å². The van der Waals surface area contributed by atoms with Crippen molar-refractivity contribution in [2.75, 3.05) is 7.11 Å². The lowest BCUT2D eigenvalue weighted by molar-refractivity contribution is -0.384. The molecule has 3 aromatic carbocycles. The Morgan fingerprint density at radius 2 is 1.82 bits per heavy atom. The van der Waals surface area contributed by atoms with Crippen LogP contribution in [0.5, 0.6) is 5.75 Å². The molecule has 0 spiro atoms. The summed E-state index contributed by atoms with van der Waals surface area (Å²) in [7, 11) is 1.20. The first-order chi connectivity index (χ1) is 13.4. The zero-order chi connectivity index (χ0) is 20.3. The maximum atomic E-state index is 13.1. The van der Waals surface area contributed by atoms with Crippen LogP contribution in [0.3, 0.4) is 0 Å². The largest absolute Gasteiger partial charge is 0.506 e. The van der Waals surface area contributed by atoms with Crippen molar-refractivity contribution in [3.8, 4) is 16.9 Å². The molecule has 0 unspecified atom stereocenters. The fourth-order valence-electron chi connectivity index (χ4n) is 2.91. The molecule has 3 rings (SSSR count). The number of carbonyl (C=O) groups excluding carboxylic acids is 1. The Morgan fingerprint density at radius 3 is 2.46 bits per heavy atom. The molecule has 0 aliphatic rings. The van der Waals surface area contributed by atoms with E-state index >= 15 is 0 Å². The lowest BCUT2D eigenvalue weighted by Gasteiger charge is -2.13. The molecule has 1 N–H and O–H groups in total. The quantitative estimate of drug-likeness (QED) is 0.400. The second kappa shape index (κ2) is 7.87. The summed E-state index contributed by atoms with van der Waals surface area (Å²) in [6.07, 6.45) is 0.368. The van der Waals surface area contributed by atoms with Crippen molar-refractivity contribution in [1.82, 2.24) is 0 Å². The minimum atomic E-state index is -0.731. The molecule has 0 saturated heterocycles. The number of halogens is 1. The standard InChI is InChI=1S/C21H16FNO5/c1-28-21(25)19-11-14(9-13-5-7-16(22)8-6-13)10-18(20(19)24)15-3-2-4-17(12-15)23(26)27/h2-8,10-12,24H,9H2,1H3. The molecule has 6 nitrogen and oxygen atoms in total. The monoisotopic (exact) mass is 381 g/mol. The molecule has 0 aliphatic heterocycles. The van der Waals surface area contributed by atoms with E-state index in [1.807, 2.05) is 0 Å². The van der Waals surface area contributed by atoms with Gasteiger partial charge in [0.1, 0.15) is 17.1 Å². The summed E-state index contributed by atoms with van der Waals surface area (Å²) in [5.74, 6) is -1.41. The number of hydrogen-bond acceptors (Lipinski definition) is 5. The van der Waals surface area contributed by atoms with Crippen LogP contribution in [0.2, 0.25) is 0 Å². The predicted molar refractivity (Wildman–Crippen MR) is 101 cm³/mol. The van der Waals surface area contributed by atoms with Gasteiger partial charge in [0.25, 0.3) is 5.69 Å². The van der Waals surface area contributed by atoms with E-state index in [4.69, 9.17) is 4.74 Å². The van der Waals surface area contributed by atoms with E-state index < -0.39 is 10.9 Å². The second-order valence-electron chi connectivity index (χ2n) is 6.14. The highest BCUT2D eigenvalue weighted by Gasteiger charge is 2.19. The minimum Gasteiger partial charge on any atom is -0.506 e. The number of aromatic hydroxyl groups is 1. The summed E-state index contributed by atoms with van der Waals surface area (Å²) >= 11 is 0. The average molecular weight is 381 g/mol. The van der Waals surface area contributed by atoms with Gasteiger partial charge in [-0.25, -0.2) is 9.18 Å². The van der Waals surface area contributed by atoms with Crippen LogP contribution in [0.4, 0.5) is 10.1 Å². The number of nitrogens with zero attached hydrogens (tertiary/aromatic N) is 1. The van der Waals surface area contributed by atoms with Gasteiger partial charge in [-0.15, -0.1) is 0 Å². The van der Waals surface area contributed by atoms with E-state index in [1.54, 1.807) is 24.3 Å². The molecule has 0 aromatic heterocycles. The zero-order valence-electron chi connectivity index (χ0n) is 14.9. The Morgan fingerprint density at radius 1 is 1.11 bits per heavy atom.